The Kier molecular flexibility index (Phi) is 7.82. The smallest absolute Gasteiger partial charge is 0.136 e. The Bertz CT molecular complexity index is 3190. The number of furan rings is 1. The SMILES string of the molecule is c1ccc(-c2cccc(-c3cccc(N(c4ccc(-c5ccc6c(c5)oc5ccccc56)cc4)c4cccc(-n5c6ccccc6c6ccccc65)c4)c3)c2)cc1. The zero-order valence-corrected chi connectivity index (χ0v) is 31.1. The molecular weight excluding hydrogens is 693 g/mol. The summed E-state index contributed by atoms with van der Waals surface area (Å²) in [6.45, 7) is 0. The van der Waals surface area contributed by atoms with Gasteiger partial charge in [0.2, 0.25) is 0 Å². The van der Waals surface area contributed by atoms with E-state index in [9.17, 15) is 0 Å². The van der Waals surface area contributed by atoms with Crippen LogP contribution in [0, 0.1) is 0 Å². The van der Waals surface area contributed by atoms with Crippen molar-refractivity contribution < 1.29 is 4.42 Å². The van der Waals surface area contributed by atoms with Gasteiger partial charge in [0.1, 0.15) is 11.2 Å². The standard InChI is InChI=1S/C54H36N2O/c1-2-13-37(14-3-1)39-15-10-16-40(33-39)41-17-11-18-44(34-41)55(43-30-27-38(28-31-43)42-29-32-50-49-23-6-9-26-53(49)57-54(50)35-42)45-19-12-20-46(36-45)56-51-24-7-4-21-47(51)48-22-5-8-25-52(48)56/h1-36H. The van der Waals surface area contributed by atoms with E-state index in [0.717, 1.165) is 61.4 Å². The van der Waals surface area contributed by atoms with Crippen LogP contribution >= 0.6 is 0 Å². The van der Waals surface area contributed by atoms with Crippen LogP contribution in [0.3, 0.4) is 0 Å². The lowest BCUT2D eigenvalue weighted by atomic mass is 9.98. The summed E-state index contributed by atoms with van der Waals surface area (Å²) in [6.07, 6.45) is 0. The lowest BCUT2D eigenvalue weighted by Crippen LogP contribution is -2.10. The van der Waals surface area contributed by atoms with Crippen molar-refractivity contribution in [2.75, 3.05) is 4.90 Å². The molecule has 2 heterocycles. The van der Waals surface area contributed by atoms with Gasteiger partial charge in [0.15, 0.2) is 0 Å². The average Bonchev–Trinajstić information content (AvgIpc) is 3.83. The van der Waals surface area contributed by atoms with Crippen molar-refractivity contribution in [3.05, 3.63) is 218 Å². The highest BCUT2D eigenvalue weighted by atomic mass is 16.3. The maximum absolute atomic E-state index is 6.26. The summed E-state index contributed by atoms with van der Waals surface area (Å²) in [6, 6.07) is 78.2. The van der Waals surface area contributed by atoms with Crippen molar-refractivity contribution in [1.82, 2.24) is 4.57 Å². The van der Waals surface area contributed by atoms with E-state index in [4.69, 9.17) is 4.42 Å². The Morgan fingerprint density at radius 1 is 0.298 bits per heavy atom. The molecule has 0 unspecified atom stereocenters. The van der Waals surface area contributed by atoms with Gasteiger partial charge in [0, 0.05) is 44.3 Å². The maximum atomic E-state index is 6.26. The number of fused-ring (bicyclic) bond motifs is 6. The second-order valence-electron chi connectivity index (χ2n) is 14.6. The normalized spacial score (nSPS) is 11.5. The first-order valence-electron chi connectivity index (χ1n) is 19.4. The van der Waals surface area contributed by atoms with Crippen molar-refractivity contribution in [2.24, 2.45) is 0 Å². The van der Waals surface area contributed by atoms with Crippen molar-refractivity contribution in [2.45, 2.75) is 0 Å². The molecule has 0 atom stereocenters. The number of hydrogen-bond acceptors (Lipinski definition) is 2. The predicted molar refractivity (Wildman–Crippen MR) is 239 cm³/mol. The van der Waals surface area contributed by atoms with E-state index >= 15 is 0 Å². The van der Waals surface area contributed by atoms with Gasteiger partial charge in [-0.15, -0.1) is 0 Å². The predicted octanol–water partition coefficient (Wildman–Crippen LogP) is 15.2. The summed E-state index contributed by atoms with van der Waals surface area (Å²) in [5.41, 5.74) is 15.5. The number of aromatic nitrogens is 1. The van der Waals surface area contributed by atoms with Crippen molar-refractivity contribution in [3.8, 4) is 39.1 Å². The van der Waals surface area contributed by atoms with Crippen LogP contribution in [0.2, 0.25) is 0 Å². The lowest BCUT2D eigenvalue weighted by Gasteiger charge is -2.27. The monoisotopic (exact) mass is 728 g/mol. The van der Waals surface area contributed by atoms with Crippen LogP contribution in [0.5, 0.6) is 0 Å². The summed E-state index contributed by atoms with van der Waals surface area (Å²) in [5.74, 6) is 0. The minimum absolute atomic E-state index is 0.898. The van der Waals surface area contributed by atoms with E-state index in [2.05, 4.69) is 216 Å². The Morgan fingerprint density at radius 2 is 0.807 bits per heavy atom. The second-order valence-corrected chi connectivity index (χ2v) is 14.6. The molecule has 0 fully saturated rings. The van der Waals surface area contributed by atoms with Crippen LogP contribution < -0.4 is 4.90 Å². The third-order valence-corrected chi connectivity index (χ3v) is 11.2. The number of para-hydroxylation sites is 3. The van der Waals surface area contributed by atoms with Gasteiger partial charge in [0.05, 0.1) is 11.0 Å². The molecular formula is C54H36N2O. The highest BCUT2D eigenvalue weighted by Crippen LogP contribution is 2.41. The lowest BCUT2D eigenvalue weighted by molar-refractivity contribution is 0.669. The number of hydrogen-bond donors (Lipinski definition) is 0. The van der Waals surface area contributed by atoms with Crippen molar-refractivity contribution in [1.29, 1.82) is 0 Å². The Labute approximate surface area is 330 Å². The van der Waals surface area contributed by atoms with E-state index in [-0.39, 0.29) is 0 Å². The summed E-state index contributed by atoms with van der Waals surface area (Å²) >= 11 is 0. The third kappa shape index (κ3) is 5.76. The van der Waals surface area contributed by atoms with Gasteiger partial charge < -0.3 is 13.9 Å². The van der Waals surface area contributed by atoms with E-state index in [0.29, 0.717) is 0 Å². The van der Waals surface area contributed by atoms with Gasteiger partial charge in [-0.1, -0.05) is 140 Å². The fraction of sp³-hybridized carbons (Fsp3) is 0. The summed E-state index contributed by atoms with van der Waals surface area (Å²) in [4.78, 5) is 2.37. The molecule has 0 aliphatic carbocycles. The summed E-state index contributed by atoms with van der Waals surface area (Å²) < 4.78 is 8.64. The van der Waals surface area contributed by atoms with Crippen LogP contribution in [0.4, 0.5) is 17.1 Å². The zero-order chi connectivity index (χ0) is 37.7. The fourth-order valence-electron chi connectivity index (χ4n) is 8.46. The van der Waals surface area contributed by atoms with Crippen LogP contribution in [-0.4, -0.2) is 4.57 Å². The molecule has 3 heteroatoms. The molecule has 0 aliphatic heterocycles. The van der Waals surface area contributed by atoms with E-state index in [1.165, 1.54) is 38.5 Å². The molecule has 0 N–H and O–H groups in total. The highest BCUT2D eigenvalue weighted by Gasteiger charge is 2.18. The molecule has 0 saturated heterocycles. The van der Waals surface area contributed by atoms with Crippen LogP contribution in [0.1, 0.15) is 0 Å². The average molecular weight is 729 g/mol. The van der Waals surface area contributed by atoms with E-state index < -0.39 is 0 Å². The van der Waals surface area contributed by atoms with Crippen LogP contribution in [0.25, 0.3) is 82.8 Å². The number of rotatable bonds is 7. The molecule has 3 nitrogen and oxygen atoms in total. The molecule has 57 heavy (non-hydrogen) atoms. The Hall–Kier alpha value is -7.62. The first kappa shape index (κ1) is 32.8. The maximum Gasteiger partial charge on any atom is 0.136 e. The topological polar surface area (TPSA) is 21.3 Å². The van der Waals surface area contributed by atoms with E-state index in [1.807, 2.05) is 12.1 Å². The van der Waals surface area contributed by atoms with Gasteiger partial charge in [-0.2, -0.15) is 0 Å². The number of benzene rings is 9. The molecule has 0 spiro atoms. The minimum Gasteiger partial charge on any atom is -0.456 e. The molecule has 0 bridgehead atoms. The van der Waals surface area contributed by atoms with Gasteiger partial charge in [-0.05, 0) is 112 Å². The summed E-state index contributed by atoms with van der Waals surface area (Å²) in [7, 11) is 0. The molecule has 2 aromatic heterocycles. The van der Waals surface area contributed by atoms with E-state index in [1.54, 1.807) is 0 Å². The zero-order valence-electron chi connectivity index (χ0n) is 31.1. The molecule has 9 aromatic carbocycles. The van der Waals surface area contributed by atoms with Gasteiger partial charge in [-0.25, -0.2) is 0 Å². The molecule has 11 rings (SSSR count). The molecule has 11 aromatic rings. The second kappa shape index (κ2) is 13.6. The summed E-state index contributed by atoms with van der Waals surface area (Å²) in [5, 5.41) is 4.77. The molecule has 0 saturated carbocycles. The van der Waals surface area contributed by atoms with Crippen LogP contribution in [0.15, 0.2) is 223 Å². The fourth-order valence-corrected chi connectivity index (χ4v) is 8.46. The Balaban J connectivity index is 1.04. The molecule has 0 amide bonds. The largest absolute Gasteiger partial charge is 0.456 e. The Morgan fingerprint density at radius 3 is 1.56 bits per heavy atom. The quantitative estimate of drug-likeness (QED) is 0.163. The highest BCUT2D eigenvalue weighted by molar-refractivity contribution is 6.09. The van der Waals surface area contributed by atoms with Crippen molar-refractivity contribution in [3.63, 3.8) is 0 Å². The molecule has 0 radical (unpaired) electrons. The van der Waals surface area contributed by atoms with Crippen molar-refractivity contribution >= 4 is 60.8 Å². The van der Waals surface area contributed by atoms with Gasteiger partial charge in [-0.3, -0.25) is 0 Å². The number of anilines is 3. The van der Waals surface area contributed by atoms with Crippen LogP contribution in [-0.2, 0) is 0 Å². The molecule has 268 valence electrons. The van der Waals surface area contributed by atoms with Gasteiger partial charge >= 0.3 is 0 Å². The number of nitrogens with zero attached hydrogens (tertiary/aromatic N) is 2. The molecule has 0 aliphatic rings. The van der Waals surface area contributed by atoms with Gasteiger partial charge in [0.25, 0.3) is 0 Å². The minimum atomic E-state index is 0.898. The first-order valence-corrected chi connectivity index (χ1v) is 19.4. The first-order chi connectivity index (χ1) is 28.2. The third-order valence-electron chi connectivity index (χ3n) is 11.2.